The summed E-state index contributed by atoms with van der Waals surface area (Å²) in [5.41, 5.74) is 5.01. The number of likely N-dealkylation sites (tertiary alicyclic amines) is 1. The van der Waals surface area contributed by atoms with Crippen LogP contribution < -0.4 is 5.32 Å². The number of aromatic nitrogens is 4. The van der Waals surface area contributed by atoms with Crippen LogP contribution in [0.1, 0.15) is 36.8 Å². The van der Waals surface area contributed by atoms with Crippen LogP contribution in [-0.2, 0) is 0 Å². The van der Waals surface area contributed by atoms with Crippen LogP contribution in [0.15, 0.2) is 40.4 Å². The molecule has 1 aromatic carbocycles. The molecule has 0 amide bonds. The summed E-state index contributed by atoms with van der Waals surface area (Å²) in [6.07, 6.45) is 3.88. The van der Waals surface area contributed by atoms with E-state index in [1.54, 1.807) is 6.20 Å². The third kappa shape index (κ3) is 2.59. The molecule has 0 saturated carbocycles. The van der Waals surface area contributed by atoms with Gasteiger partial charge >= 0.3 is 0 Å². The molecule has 5 rings (SSSR count). The Balaban J connectivity index is 1.64. The van der Waals surface area contributed by atoms with E-state index in [9.17, 15) is 0 Å². The first-order valence-corrected chi connectivity index (χ1v) is 9.65. The fourth-order valence-corrected chi connectivity index (χ4v) is 4.46. The molecular formula is C20H21N7O. The van der Waals surface area contributed by atoms with E-state index in [-0.39, 0.29) is 5.92 Å². The average molecular weight is 375 g/mol. The molecule has 3 aromatic rings. The largest absolute Gasteiger partial charge is 0.354 e. The number of anilines is 1. The molecule has 1 fully saturated rings. The summed E-state index contributed by atoms with van der Waals surface area (Å²) in [5, 5.41) is 18.9. The Hall–Kier alpha value is -3.18. The molecule has 0 bridgehead atoms. The zero-order chi connectivity index (χ0) is 19.1. The normalized spacial score (nSPS) is 20.8. The molecule has 2 aromatic heterocycles. The minimum absolute atomic E-state index is 0.234. The molecule has 2 aliphatic heterocycles. The third-order valence-corrected chi connectivity index (χ3v) is 5.98. The van der Waals surface area contributed by atoms with E-state index in [2.05, 4.69) is 42.5 Å². The van der Waals surface area contributed by atoms with Crippen molar-refractivity contribution in [1.29, 1.82) is 0 Å². The van der Waals surface area contributed by atoms with Crippen molar-refractivity contribution in [2.75, 3.05) is 25.0 Å². The molecule has 4 heterocycles. The highest BCUT2D eigenvalue weighted by Gasteiger charge is 2.36. The Morgan fingerprint density at radius 3 is 2.89 bits per heavy atom. The number of nitrogens with one attached hydrogen (secondary N) is 2. The van der Waals surface area contributed by atoms with Gasteiger partial charge in [0.1, 0.15) is 16.9 Å². The SMILES string of the molecule is [C-]#[N+]C1=C(C2CCN(CC)CC2)Nc2[nH]ncc2C1c1cccc2nonc12. The fraction of sp³-hybridized carbons (Fsp3) is 0.400. The Bertz CT molecular complexity index is 1080. The molecule has 2 aliphatic rings. The number of benzene rings is 1. The van der Waals surface area contributed by atoms with Crippen LogP contribution in [0, 0.1) is 12.5 Å². The van der Waals surface area contributed by atoms with Crippen molar-refractivity contribution >= 4 is 16.9 Å². The van der Waals surface area contributed by atoms with Gasteiger partial charge in [0.2, 0.25) is 0 Å². The van der Waals surface area contributed by atoms with Crippen molar-refractivity contribution in [1.82, 2.24) is 25.4 Å². The van der Waals surface area contributed by atoms with Crippen LogP contribution in [0.5, 0.6) is 0 Å². The molecule has 1 atom stereocenters. The maximum absolute atomic E-state index is 7.99. The van der Waals surface area contributed by atoms with Gasteiger partial charge in [0, 0.05) is 11.3 Å². The second-order valence-corrected chi connectivity index (χ2v) is 7.36. The Morgan fingerprint density at radius 2 is 2.11 bits per heavy atom. The molecule has 0 radical (unpaired) electrons. The zero-order valence-corrected chi connectivity index (χ0v) is 15.6. The highest BCUT2D eigenvalue weighted by atomic mass is 16.6. The fourth-order valence-electron chi connectivity index (χ4n) is 4.46. The van der Waals surface area contributed by atoms with Crippen LogP contribution in [0.25, 0.3) is 15.9 Å². The predicted molar refractivity (Wildman–Crippen MR) is 104 cm³/mol. The van der Waals surface area contributed by atoms with Crippen LogP contribution in [-0.4, -0.2) is 45.0 Å². The first-order valence-electron chi connectivity index (χ1n) is 9.65. The highest BCUT2D eigenvalue weighted by molar-refractivity contribution is 5.80. The van der Waals surface area contributed by atoms with Crippen molar-refractivity contribution in [2.45, 2.75) is 25.7 Å². The first-order chi connectivity index (χ1) is 13.8. The molecule has 1 saturated heterocycles. The number of allylic oxidation sites excluding steroid dienone is 2. The van der Waals surface area contributed by atoms with Crippen LogP contribution in [0.2, 0.25) is 0 Å². The maximum atomic E-state index is 7.99. The van der Waals surface area contributed by atoms with Crippen molar-refractivity contribution in [2.24, 2.45) is 5.92 Å². The number of rotatable bonds is 3. The lowest BCUT2D eigenvalue weighted by Gasteiger charge is -2.36. The van der Waals surface area contributed by atoms with Gasteiger partial charge in [-0.2, -0.15) is 5.10 Å². The number of fused-ring (bicyclic) bond motifs is 2. The summed E-state index contributed by atoms with van der Waals surface area (Å²) in [4.78, 5) is 6.46. The zero-order valence-electron chi connectivity index (χ0n) is 15.6. The molecule has 2 N–H and O–H groups in total. The third-order valence-electron chi connectivity index (χ3n) is 5.98. The summed E-state index contributed by atoms with van der Waals surface area (Å²) in [6.45, 7) is 13.4. The number of hydrogen-bond acceptors (Lipinski definition) is 6. The molecular weight excluding hydrogens is 354 g/mol. The monoisotopic (exact) mass is 375 g/mol. The average Bonchev–Trinajstić information content (AvgIpc) is 3.41. The Morgan fingerprint density at radius 1 is 1.25 bits per heavy atom. The van der Waals surface area contributed by atoms with Crippen LogP contribution in [0.4, 0.5) is 5.82 Å². The van der Waals surface area contributed by atoms with E-state index in [1.165, 1.54) is 0 Å². The highest BCUT2D eigenvalue weighted by Crippen LogP contribution is 2.45. The summed E-state index contributed by atoms with van der Waals surface area (Å²) in [5.74, 6) is 0.960. The molecule has 28 heavy (non-hydrogen) atoms. The van der Waals surface area contributed by atoms with Gasteiger partial charge in [0.05, 0.1) is 18.7 Å². The number of aromatic amines is 1. The lowest BCUT2D eigenvalue weighted by atomic mass is 9.81. The minimum Gasteiger partial charge on any atom is -0.354 e. The lowest BCUT2D eigenvalue weighted by Crippen LogP contribution is -2.36. The number of H-pyrrole nitrogens is 1. The van der Waals surface area contributed by atoms with E-state index in [0.717, 1.165) is 60.8 Å². The summed E-state index contributed by atoms with van der Waals surface area (Å²) < 4.78 is 4.96. The molecule has 8 heteroatoms. The smallest absolute Gasteiger partial charge is 0.196 e. The maximum Gasteiger partial charge on any atom is 0.196 e. The van der Waals surface area contributed by atoms with Crippen molar-refractivity contribution in [3.8, 4) is 0 Å². The van der Waals surface area contributed by atoms with E-state index in [4.69, 9.17) is 11.2 Å². The van der Waals surface area contributed by atoms with Crippen LogP contribution >= 0.6 is 0 Å². The Labute approximate surface area is 162 Å². The van der Waals surface area contributed by atoms with Gasteiger partial charge in [-0.25, -0.2) is 9.47 Å². The van der Waals surface area contributed by atoms with Gasteiger partial charge < -0.3 is 10.2 Å². The van der Waals surface area contributed by atoms with E-state index >= 15 is 0 Å². The van der Waals surface area contributed by atoms with Gasteiger partial charge in [0.25, 0.3) is 0 Å². The second kappa shape index (κ2) is 6.77. The summed E-state index contributed by atoms with van der Waals surface area (Å²) in [7, 11) is 0. The topological polar surface area (TPSA) is 87.2 Å². The summed E-state index contributed by atoms with van der Waals surface area (Å²) >= 11 is 0. The number of piperidine rings is 1. The van der Waals surface area contributed by atoms with Crippen molar-refractivity contribution in [3.63, 3.8) is 0 Å². The van der Waals surface area contributed by atoms with Crippen molar-refractivity contribution in [3.05, 3.63) is 58.3 Å². The van der Waals surface area contributed by atoms with E-state index in [0.29, 0.717) is 17.0 Å². The molecule has 0 spiro atoms. The van der Waals surface area contributed by atoms with E-state index in [1.807, 2.05) is 18.2 Å². The Kier molecular flexibility index (Phi) is 4.10. The standard InChI is InChI=1S/C20H21N7O/c1-3-27-9-7-12(8-10-27)17-19(21-2)16(14-11-22-24-20(14)23-17)13-5-4-6-15-18(13)26-28-25-15/h4-6,11-12,16H,3,7-10H2,1H3,(H2,22,23,24). The summed E-state index contributed by atoms with van der Waals surface area (Å²) in [6, 6.07) is 5.81. The van der Waals surface area contributed by atoms with Gasteiger partial charge in [-0.3, -0.25) is 5.10 Å². The van der Waals surface area contributed by atoms with Crippen LogP contribution in [0.3, 0.4) is 0 Å². The van der Waals surface area contributed by atoms with Gasteiger partial charge in [-0.05, 0) is 60.3 Å². The number of hydrogen-bond donors (Lipinski definition) is 2. The molecule has 1 unspecified atom stereocenters. The first kappa shape index (κ1) is 17.0. The van der Waals surface area contributed by atoms with Gasteiger partial charge in [0.15, 0.2) is 5.70 Å². The minimum atomic E-state index is -0.234. The quantitative estimate of drug-likeness (QED) is 0.683. The molecule has 8 nitrogen and oxygen atoms in total. The predicted octanol–water partition coefficient (Wildman–Crippen LogP) is 3.37. The van der Waals surface area contributed by atoms with E-state index < -0.39 is 0 Å². The lowest BCUT2D eigenvalue weighted by molar-refractivity contribution is 0.207. The number of nitrogens with zero attached hydrogens (tertiary/aromatic N) is 5. The molecule has 142 valence electrons. The molecule has 0 aliphatic carbocycles. The van der Waals surface area contributed by atoms with Gasteiger partial charge in [-0.15, -0.1) is 0 Å². The second-order valence-electron chi connectivity index (χ2n) is 7.36. The van der Waals surface area contributed by atoms with Crippen molar-refractivity contribution < 1.29 is 4.63 Å². The van der Waals surface area contributed by atoms with Gasteiger partial charge in [-0.1, -0.05) is 19.1 Å².